The molecule has 0 radical (unpaired) electrons. The fourth-order valence-electron chi connectivity index (χ4n) is 1.53. The van der Waals surface area contributed by atoms with E-state index in [1.165, 1.54) is 0 Å². The summed E-state index contributed by atoms with van der Waals surface area (Å²) >= 11 is 0. The van der Waals surface area contributed by atoms with Crippen molar-refractivity contribution in [3.8, 4) is 0 Å². The van der Waals surface area contributed by atoms with Crippen LogP contribution in [0.1, 0.15) is 12.5 Å². The number of anilines is 2. The Bertz CT molecular complexity index is 345. The van der Waals surface area contributed by atoms with Crippen LogP contribution in [0.4, 0.5) is 11.4 Å². The van der Waals surface area contributed by atoms with Crippen LogP contribution < -0.4 is 11.1 Å². The fraction of sp³-hybridized carbons (Fsp3) is 0.455. The summed E-state index contributed by atoms with van der Waals surface area (Å²) in [6.07, 6.45) is 1.71. The van der Waals surface area contributed by atoms with Crippen LogP contribution in [-0.4, -0.2) is 22.3 Å². The van der Waals surface area contributed by atoms with Gasteiger partial charge >= 0.3 is 0 Å². The van der Waals surface area contributed by atoms with Gasteiger partial charge in [0.2, 0.25) is 0 Å². The van der Waals surface area contributed by atoms with E-state index < -0.39 is 10.8 Å². The maximum absolute atomic E-state index is 11.1. The second-order valence-electron chi connectivity index (χ2n) is 3.82. The second kappa shape index (κ2) is 5.16. The van der Waals surface area contributed by atoms with Gasteiger partial charge in [-0.2, -0.15) is 0 Å². The van der Waals surface area contributed by atoms with Gasteiger partial charge in [-0.1, -0.05) is 12.1 Å². The minimum absolute atomic E-state index is 0.166. The molecular formula is C11H18N2OS. The van der Waals surface area contributed by atoms with Crippen molar-refractivity contribution in [3.05, 3.63) is 23.8 Å². The zero-order chi connectivity index (χ0) is 11.4. The molecular weight excluding hydrogens is 208 g/mol. The van der Waals surface area contributed by atoms with E-state index in [1.807, 2.05) is 32.0 Å². The van der Waals surface area contributed by atoms with Gasteiger partial charge < -0.3 is 11.1 Å². The molecule has 84 valence electrons. The summed E-state index contributed by atoms with van der Waals surface area (Å²) in [7, 11) is -0.786. The van der Waals surface area contributed by atoms with E-state index >= 15 is 0 Å². The van der Waals surface area contributed by atoms with Crippen LogP contribution in [0.3, 0.4) is 0 Å². The Morgan fingerprint density at radius 1 is 1.53 bits per heavy atom. The first-order valence-electron chi connectivity index (χ1n) is 4.92. The Kier molecular flexibility index (Phi) is 4.15. The summed E-state index contributed by atoms with van der Waals surface area (Å²) in [5, 5.41) is 3.29. The van der Waals surface area contributed by atoms with Gasteiger partial charge in [0.15, 0.2) is 0 Å². The van der Waals surface area contributed by atoms with Crippen molar-refractivity contribution in [1.29, 1.82) is 0 Å². The molecule has 0 saturated heterocycles. The molecule has 0 heterocycles. The molecule has 0 bridgehead atoms. The van der Waals surface area contributed by atoms with Crippen LogP contribution in [0.25, 0.3) is 0 Å². The molecule has 0 fully saturated rings. The zero-order valence-corrected chi connectivity index (χ0v) is 10.2. The standard InChI is InChI=1S/C11H18N2OS/c1-8-5-4-6-10(12)11(8)13-9(2)7-15(3)14/h4-6,9,13H,7,12H2,1-3H3. The molecule has 0 amide bonds. The molecule has 0 aliphatic carbocycles. The third kappa shape index (κ3) is 3.55. The molecule has 1 aromatic carbocycles. The predicted octanol–water partition coefficient (Wildman–Crippen LogP) is 1.76. The number of hydrogen-bond donors (Lipinski definition) is 2. The third-order valence-corrected chi connectivity index (χ3v) is 3.15. The number of rotatable bonds is 4. The first-order valence-corrected chi connectivity index (χ1v) is 6.65. The van der Waals surface area contributed by atoms with Crippen molar-refractivity contribution in [2.45, 2.75) is 19.9 Å². The largest absolute Gasteiger partial charge is 0.397 e. The van der Waals surface area contributed by atoms with Gasteiger partial charge in [0.05, 0.1) is 11.4 Å². The number of para-hydroxylation sites is 1. The van der Waals surface area contributed by atoms with Gasteiger partial charge in [-0.15, -0.1) is 0 Å². The summed E-state index contributed by atoms with van der Waals surface area (Å²) in [5.41, 5.74) is 8.67. The van der Waals surface area contributed by atoms with E-state index in [9.17, 15) is 4.21 Å². The smallest absolute Gasteiger partial charge is 0.0605 e. The topological polar surface area (TPSA) is 55.1 Å². The summed E-state index contributed by atoms with van der Waals surface area (Å²) in [5.74, 6) is 0.633. The van der Waals surface area contributed by atoms with Gasteiger partial charge in [0, 0.05) is 28.9 Å². The highest BCUT2D eigenvalue weighted by Crippen LogP contribution is 2.23. The molecule has 2 unspecified atom stereocenters. The molecule has 3 N–H and O–H groups in total. The highest BCUT2D eigenvalue weighted by atomic mass is 32.2. The Morgan fingerprint density at radius 2 is 2.20 bits per heavy atom. The van der Waals surface area contributed by atoms with Crippen molar-refractivity contribution in [2.24, 2.45) is 0 Å². The molecule has 15 heavy (non-hydrogen) atoms. The third-order valence-electron chi connectivity index (χ3n) is 2.18. The molecule has 4 heteroatoms. The Hall–Kier alpha value is -1.03. The molecule has 0 aliphatic heterocycles. The van der Waals surface area contributed by atoms with Gasteiger partial charge in [0.25, 0.3) is 0 Å². The second-order valence-corrected chi connectivity index (χ2v) is 5.30. The van der Waals surface area contributed by atoms with Gasteiger partial charge in [0.1, 0.15) is 0 Å². The number of nitrogens with one attached hydrogen (secondary N) is 1. The van der Waals surface area contributed by atoms with Crippen molar-refractivity contribution in [3.63, 3.8) is 0 Å². The number of nitrogen functional groups attached to an aromatic ring is 1. The van der Waals surface area contributed by atoms with Crippen LogP contribution in [0.5, 0.6) is 0 Å². The van der Waals surface area contributed by atoms with E-state index in [0.717, 1.165) is 16.9 Å². The highest BCUT2D eigenvalue weighted by molar-refractivity contribution is 7.84. The summed E-state index contributed by atoms with van der Waals surface area (Å²) in [6, 6.07) is 5.97. The quantitative estimate of drug-likeness (QED) is 0.769. The SMILES string of the molecule is Cc1cccc(N)c1NC(C)CS(C)=O. The van der Waals surface area contributed by atoms with Crippen LogP contribution in [0.2, 0.25) is 0 Å². The van der Waals surface area contributed by atoms with Gasteiger partial charge in [-0.05, 0) is 25.5 Å². The first-order chi connectivity index (χ1) is 7.00. The number of hydrogen-bond acceptors (Lipinski definition) is 3. The fourth-order valence-corrected chi connectivity index (χ4v) is 2.32. The first kappa shape index (κ1) is 12.0. The lowest BCUT2D eigenvalue weighted by molar-refractivity contribution is 0.683. The van der Waals surface area contributed by atoms with Crippen molar-refractivity contribution < 1.29 is 4.21 Å². The van der Waals surface area contributed by atoms with Crippen LogP contribution in [0.15, 0.2) is 18.2 Å². The van der Waals surface area contributed by atoms with E-state index in [-0.39, 0.29) is 6.04 Å². The normalized spacial score (nSPS) is 14.6. The summed E-state index contributed by atoms with van der Waals surface area (Å²) in [6.45, 7) is 4.02. The van der Waals surface area contributed by atoms with E-state index in [4.69, 9.17) is 5.73 Å². The summed E-state index contributed by atoms with van der Waals surface area (Å²) < 4.78 is 11.1. The maximum Gasteiger partial charge on any atom is 0.0605 e. The zero-order valence-electron chi connectivity index (χ0n) is 9.41. The van der Waals surface area contributed by atoms with Crippen molar-refractivity contribution >= 4 is 22.2 Å². The highest BCUT2D eigenvalue weighted by Gasteiger charge is 2.08. The number of nitrogens with two attached hydrogens (primary N) is 1. The molecule has 3 nitrogen and oxygen atoms in total. The Morgan fingerprint density at radius 3 is 2.73 bits per heavy atom. The van der Waals surface area contributed by atoms with E-state index in [0.29, 0.717) is 5.75 Å². The van der Waals surface area contributed by atoms with Crippen molar-refractivity contribution in [2.75, 3.05) is 23.1 Å². The molecule has 0 aromatic heterocycles. The van der Waals surface area contributed by atoms with Gasteiger partial charge in [-0.25, -0.2) is 0 Å². The lowest BCUT2D eigenvalue weighted by Crippen LogP contribution is -2.23. The Labute approximate surface area is 93.5 Å². The van der Waals surface area contributed by atoms with Crippen LogP contribution in [-0.2, 0) is 10.8 Å². The minimum atomic E-state index is -0.786. The van der Waals surface area contributed by atoms with Crippen LogP contribution in [0, 0.1) is 6.92 Å². The number of benzene rings is 1. The van der Waals surface area contributed by atoms with Crippen LogP contribution >= 0.6 is 0 Å². The Balaban J connectivity index is 2.76. The lowest BCUT2D eigenvalue weighted by atomic mass is 10.1. The predicted molar refractivity (Wildman–Crippen MR) is 67.6 cm³/mol. The van der Waals surface area contributed by atoms with Crippen molar-refractivity contribution in [1.82, 2.24) is 0 Å². The molecule has 0 saturated carbocycles. The lowest BCUT2D eigenvalue weighted by Gasteiger charge is -2.17. The summed E-state index contributed by atoms with van der Waals surface area (Å²) in [4.78, 5) is 0. The number of aryl methyl sites for hydroxylation is 1. The van der Waals surface area contributed by atoms with Gasteiger partial charge in [-0.3, -0.25) is 4.21 Å². The molecule has 2 atom stereocenters. The molecule has 0 aliphatic rings. The maximum atomic E-state index is 11.1. The average Bonchev–Trinajstić information content (AvgIpc) is 2.10. The van der Waals surface area contributed by atoms with E-state index in [2.05, 4.69) is 5.32 Å². The minimum Gasteiger partial charge on any atom is -0.397 e. The monoisotopic (exact) mass is 226 g/mol. The average molecular weight is 226 g/mol. The molecule has 1 aromatic rings. The van der Waals surface area contributed by atoms with E-state index in [1.54, 1.807) is 6.26 Å². The molecule has 1 rings (SSSR count). The molecule has 0 spiro atoms.